The summed E-state index contributed by atoms with van der Waals surface area (Å²) in [5.74, 6) is 1.69. The lowest BCUT2D eigenvalue weighted by Crippen LogP contribution is -2.13. The van der Waals surface area contributed by atoms with Crippen LogP contribution in [0.4, 0.5) is 0 Å². The molecule has 1 heteroatoms. The van der Waals surface area contributed by atoms with Gasteiger partial charge >= 0.3 is 0 Å². The third kappa shape index (κ3) is 5.51. The molecule has 0 aliphatic heterocycles. The molecule has 0 unspecified atom stereocenters. The molecule has 1 aromatic rings. The van der Waals surface area contributed by atoms with Crippen molar-refractivity contribution >= 4 is 0 Å². The predicted molar refractivity (Wildman–Crippen MR) is 90.3 cm³/mol. The molecule has 0 amide bonds. The van der Waals surface area contributed by atoms with Crippen molar-refractivity contribution in [1.82, 2.24) is 0 Å². The molecule has 0 aromatic heterocycles. The lowest BCUT2D eigenvalue weighted by molar-refractivity contribution is 0.149. The number of hydrogen-bond acceptors (Lipinski definition) is 1. The Morgan fingerprint density at radius 3 is 2.29 bits per heavy atom. The first-order valence-corrected chi connectivity index (χ1v) is 8.21. The highest BCUT2D eigenvalue weighted by Gasteiger charge is 2.18. The third-order valence-corrected chi connectivity index (χ3v) is 4.59. The standard InChI is InChI=1S/C20H28O/c1-3-15-21-16-20-13-11-19(12-14-20)10-9-18-7-5-17(4-2)6-8-18/h3-4,11-14,17-18H,1-2,5-10,15-16H2. The molecule has 1 nitrogen and oxygen atoms in total. The summed E-state index contributed by atoms with van der Waals surface area (Å²) < 4.78 is 5.46. The highest BCUT2D eigenvalue weighted by atomic mass is 16.5. The summed E-state index contributed by atoms with van der Waals surface area (Å²) in [6.07, 6.45) is 11.9. The van der Waals surface area contributed by atoms with E-state index < -0.39 is 0 Å². The molecule has 21 heavy (non-hydrogen) atoms. The van der Waals surface area contributed by atoms with E-state index in [4.69, 9.17) is 4.74 Å². The number of hydrogen-bond donors (Lipinski definition) is 0. The normalized spacial score (nSPS) is 21.9. The van der Waals surface area contributed by atoms with E-state index in [0.717, 1.165) is 11.8 Å². The molecule has 0 N–H and O–H groups in total. The largest absolute Gasteiger partial charge is 0.373 e. The van der Waals surface area contributed by atoms with Gasteiger partial charge in [-0.05, 0) is 61.5 Å². The second kappa shape index (κ2) is 8.84. The van der Waals surface area contributed by atoms with Crippen molar-refractivity contribution in [3.8, 4) is 0 Å². The quantitative estimate of drug-likeness (QED) is 0.464. The van der Waals surface area contributed by atoms with Gasteiger partial charge in [0.15, 0.2) is 0 Å². The monoisotopic (exact) mass is 284 g/mol. The van der Waals surface area contributed by atoms with E-state index in [1.54, 1.807) is 6.08 Å². The lowest BCUT2D eigenvalue weighted by atomic mass is 9.79. The summed E-state index contributed by atoms with van der Waals surface area (Å²) in [5.41, 5.74) is 2.69. The average Bonchev–Trinajstić information content (AvgIpc) is 2.55. The van der Waals surface area contributed by atoms with E-state index in [1.165, 1.54) is 49.7 Å². The molecule has 1 aliphatic rings. The van der Waals surface area contributed by atoms with Gasteiger partial charge in [-0.15, -0.1) is 13.2 Å². The van der Waals surface area contributed by atoms with Gasteiger partial charge in [-0.2, -0.15) is 0 Å². The Bertz CT molecular complexity index is 424. The first kappa shape index (κ1) is 16.0. The van der Waals surface area contributed by atoms with Crippen molar-refractivity contribution in [2.24, 2.45) is 11.8 Å². The zero-order chi connectivity index (χ0) is 14.9. The van der Waals surface area contributed by atoms with E-state index in [1.807, 2.05) is 0 Å². The minimum absolute atomic E-state index is 0.620. The lowest BCUT2D eigenvalue weighted by Gasteiger charge is -2.26. The van der Waals surface area contributed by atoms with E-state index >= 15 is 0 Å². The Balaban J connectivity index is 1.71. The van der Waals surface area contributed by atoms with Crippen molar-refractivity contribution in [3.63, 3.8) is 0 Å². The van der Waals surface area contributed by atoms with Crippen molar-refractivity contribution < 1.29 is 4.74 Å². The second-order valence-corrected chi connectivity index (χ2v) is 6.18. The van der Waals surface area contributed by atoms with Gasteiger partial charge in [0.25, 0.3) is 0 Å². The second-order valence-electron chi connectivity index (χ2n) is 6.18. The Labute approximate surface area is 129 Å². The van der Waals surface area contributed by atoms with Crippen LogP contribution in [0.5, 0.6) is 0 Å². The summed E-state index contributed by atoms with van der Waals surface area (Å²) >= 11 is 0. The summed E-state index contributed by atoms with van der Waals surface area (Å²) in [7, 11) is 0. The molecule has 1 fully saturated rings. The number of aryl methyl sites for hydroxylation is 1. The average molecular weight is 284 g/mol. The molecule has 2 rings (SSSR count). The van der Waals surface area contributed by atoms with E-state index in [9.17, 15) is 0 Å². The fraction of sp³-hybridized carbons (Fsp3) is 0.500. The Morgan fingerprint density at radius 2 is 1.67 bits per heavy atom. The van der Waals surface area contributed by atoms with Crippen molar-refractivity contribution in [2.45, 2.75) is 45.1 Å². The van der Waals surface area contributed by atoms with E-state index in [0.29, 0.717) is 13.2 Å². The van der Waals surface area contributed by atoms with Gasteiger partial charge in [-0.25, -0.2) is 0 Å². The molecular formula is C20H28O. The Kier molecular flexibility index (Phi) is 6.75. The van der Waals surface area contributed by atoms with Gasteiger partial charge in [-0.3, -0.25) is 0 Å². The smallest absolute Gasteiger partial charge is 0.0721 e. The SMILES string of the molecule is C=CCOCc1ccc(CCC2CCC(C=C)CC2)cc1. The zero-order valence-corrected chi connectivity index (χ0v) is 13.1. The molecule has 0 bridgehead atoms. The Morgan fingerprint density at radius 1 is 1.00 bits per heavy atom. The van der Waals surface area contributed by atoms with Crippen LogP contribution < -0.4 is 0 Å². The summed E-state index contributed by atoms with van der Waals surface area (Å²) in [5, 5.41) is 0. The van der Waals surface area contributed by atoms with Crippen LogP contribution in [-0.2, 0) is 17.8 Å². The molecule has 1 aromatic carbocycles. The molecule has 114 valence electrons. The topological polar surface area (TPSA) is 9.23 Å². The van der Waals surface area contributed by atoms with Crippen molar-refractivity contribution in [1.29, 1.82) is 0 Å². The van der Waals surface area contributed by atoms with Crippen LogP contribution in [0.25, 0.3) is 0 Å². The minimum atomic E-state index is 0.620. The van der Waals surface area contributed by atoms with Crippen LogP contribution in [-0.4, -0.2) is 6.61 Å². The van der Waals surface area contributed by atoms with Gasteiger partial charge in [0.2, 0.25) is 0 Å². The van der Waals surface area contributed by atoms with Crippen LogP contribution >= 0.6 is 0 Å². The van der Waals surface area contributed by atoms with Gasteiger partial charge in [0.1, 0.15) is 0 Å². The Hall–Kier alpha value is -1.34. The molecule has 0 spiro atoms. The fourth-order valence-corrected chi connectivity index (χ4v) is 3.15. The maximum atomic E-state index is 5.46. The number of ether oxygens (including phenoxy) is 1. The van der Waals surface area contributed by atoms with E-state index in [-0.39, 0.29) is 0 Å². The third-order valence-electron chi connectivity index (χ3n) is 4.59. The summed E-state index contributed by atoms with van der Waals surface area (Å²) in [4.78, 5) is 0. The van der Waals surface area contributed by atoms with Gasteiger partial charge in [0.05, 0.1) is 13.2 Å². The number of rotatable bonds is 8. The summed E-state index contributed by atoms with van der Waals surface area (Å²) in [6, 6.07) is 8.88. The molecule has 1 saturated carbocycles. The fourth-order valence-electron chi connectivity index (χ4n) is 3.15. The van der Waals surface area contributed by atoms with Crippen LogP contribution in [0.3, 0.4) is 0 Å². The zero-order valence-electron chi connectivity index (χ0n) is 13.1. The predicted octanol–water partition coefficient (Wildman–Crippen LogP) is 5.31. The van der Waals surface area contributed by atoms with Gasteiger partial charge in [-0.1, -0.05) is 36.4 Å². The minimum Gasteiger partial charge on any atom is -0.373 e. The van der Waals surface area contributed by atoms with Gasteiger partial charge < -0.3 is 4.74 Å². The highest BCUT2D eigenvalue weighted by Crippen LogP contribution is 2.32. The number of benzene rings is 1. The van der Waals surface area contributed by atoms with Crippen molar-refractivity contribution in [2.75, 3.05) is 6.61 Å². The first-order valence-electron chi connectivity index (χ1n) is 8.21. The molecule has 0 atom stereocenters. The van der Waals surface area contributed by atoms with Crippen LogP contribution in [0.2, 0.25) is 0 Å². The van der Waals surface area contributed by atoms with Crippen LogP contribution in [0, 0.1) is 11.8 Å². The maximum Gasteiger partial charge on any atom is 0.0721 e. The van der Waals surface area contributed by atoms with Crippen LogP contribution in [0.15, 0.2) is 49.6 Å². The molecule has 1 aliphatic carbocycles. The van der Waals surface area contributed by atoms with Crippen LogP contribution in [0.1, 0.15) is 43.2 Å². The number of allylic oxidation sites excluding steroid dienone is 1. The van der Waals surface area contributed by atoms with Gasteiger partial charge in [0, 0.05) is 0 Å². The van der Waals surface area contributed by atoms with Crippen molar-refractivity contribution in [3.05, 3.63) is 60.7 Å². The summed E-state index contributed by atoms with van der Waals surface area (Å²) in [6.45, 7) is 8.88. The molecule has 0 saturated heterocycles. The highest BCUT2D eigenvalue weighted by molar-refractivity contribution is 5.22. The maximum absolute atomic E-state index is 5.46. The molecule has 0 radical (unpaired) electrons. The first-order chi connectivity index (χ1) is 10.3. The van der Waals surface area contributed by atoms with E-state index in [2.05, 4.69) is 43.5 Å². The molecule has 0 heterocycles. The molecular weight excluding hydrogens is 256 g/mol.